The summed E-state index contributed by atoms with van der Waals surface area (Å²) in [4.78, 5) is 33.4. The molecule has 216 valence electrons. The molecule has 3 fully saturated rings. The van der Waals surface area contributed by atoms with E-state index in [0.717, 1.165) is 78.7 Å². The Morgan fingerprint density at radius 1 is 1.12 bits per heavy atom. The maximum absolute atomic E-state index is 13.3. The first-order chi connectivity index (χ1) is 19.6. The van der Waals surface area contributed by atoms with Crippen molar-refractivity contribution < 1.29 is 9.53 Å². The molecule has 41 heavy (non-hydrogen) atoms. The molecule has 0 aliphatic carbocycles. The summed E-state index contributed by atoms with van der Waals surface area (Å²) in [6.07, 6.45) is 3.68. The lowest BCUT2D eigenvalue weighted by Gasteiger charge is -2.55. The lowest BCUT2D eigenvalue weighted by Crippen LogP contribution is -2.68. The fourth-order valence-electron chi connectivity index (χ4n) is 7.34. The van der Waals surface area contributed by atoms with Crippen LogP contribution in [0.2, 0.25) is 0 Å². The Kier molecular flexibility index (Phi) is 6.13. The predicted molar refractivity (Wildman–Crippen MR) is 159 cm³/mol. The summed E-state index contributed by atoms with van der Waals surface area (Å²) in [7, 11) is 0. The predicted octanol–water partition coefficient (Wildman–Crippen LogP) is 3.77. The van der Waals surface area contributed by atoms with E-state index in [2.05, 4.69) is 89.6 Å². The number of likely N-dealkylation sites (tertiary alicyclic amines) is 1. The first-order valence-electron chi connectivity index (χ1n) is 14.8. The van der Waals surface area contributed by atoms with Gasteiger partial charge in [-0.1, -0.05) is 13.8 Å². The van der Waals surface area contributed by atoms with Crippen molar-refractivity contribution in [2.24, 2.45) is 5.41 Å². The molecule has 4 aromatic rings. The average molecular weight is 557 g/mol. The highest BCUT2D eigenvalue weighted by atomic mass is 16.5. The quantitative estimate of drug-likeness (QED) is 0.400. The van der Waals surface area contributed by atoms with Crippen LogP contribution in [0.4, 0.5) is 5.82 Å². The minimum absolute atomic E-state index is 0.109. The van der Waals surface area contributed by atoms with Gasteiger partial charge in [-0.05, 0) is 56.9 Å². The second-order valence-electron chi connectivity index (χ2n) is 13.0. The molecular weight excluding hydrogens is 516 g/mol. The summed E-state index contributed by atoms with van der Waals surface area (Å²) in [5, 5.41) is 4.41. The van der Waals surface area contributed by atoms with Crippen LogP contribution < -0.4 is 4.90 Å². The summed E-state index contributed by atoms with van der Waals surface area (Å²) in [5.41, 5.74) is 9.00. The van der Waals surface area contributed by atoms with Crippen molar-refractivity contribution in [1.82, 2.24) is 34.4 Å². The molecule has 0 unspecified atom stereocenters. The molecule has 2 atom stereocenters. The van der Waals surface area contributed by atoms with Gasteiger partial charge in [0.05, 0.1) is 36.5 Å². The third kappa shape index (κ3) is 4.22. The number of carbonyl (C=O) groups excluding carboxylic acids is 1. The van der Waals surface area contributed by atoms with Crippen LogP contribution in [-0.4, -0.2) is 98.3 Å². The zero-order valence-corrected chi connectivity index (χ0v) is 24.9. The van der Waals surface area contributed by atoms with Crippen LogP contribution in [0.15, 0.2) is 24.7 Å². The summed E-state index contributed by atoms with van der Waals surface area (Å²) in [5.74, 6) is 1.47. The summed E-state index contributed by atoms with van der Waals surface area (Å²) >= 11 is 0. The summed E-state index contributed by atoms with van der Waals surface area (Å²) in [6, 6.07) is 4.48. The Hall–Kier alpha value is -3.50. The van der Waals surface area contributed by atoms with Gasteiger partial charge in [0.15, 0.2) is 5.65 Å². The highest BCUT2D eigenvalue weighted by molar-refractivity contribution is 5.90. The van der Waals surface area contributed by atoms with E-state index in [9.17, 15) is 4.79 Å². The average Bonchev–Trinajstić information content (AvgIpc) is 3.50. The molecule has 0 bridgehead atoms. The van der Waals surface area contributed by atoms with Crippen molar-refractivity contribution in [3.05, 3.63) is 41.3 Å². The summed E-state index contributed by atoms with van der Waals surface area (Å²) < 4.78 is 7.25. The summed E-state index contributed by atoms with van der Waals surface area (Å²) in [6.45, 7) is 18.7. The standard InChI is InChI=1S/C31H40N8O2/c1-18(2)27-28(23-11-38-30(32-17-33-38)22(6)21(23)5)34-24-7-8-25(35-29(24)27)37-9-19(3)39(20(4)10-37)26(40)12-36-13-31(14-36)15-41-16-31/h7-8,11,17-20,34H,9-10,12-16H2,1-6H3/t19-,20-/m1/s1. The maximum Gasteiger partial charge on any atom is 0.237 e. The van der Waals surface area contributed by atoms with Gasteiger partial charge in [-0.25, -0.2) is 14.5 Å². The SMILES string of the molecule is Cc1c(-c2[nH]c3ccc(N4C[C@@H](C)N(C(=O)CN5CC6(COC6)C5)[C@H](C)C4)nc3c2C(C)C)cn2ncnc2c1C. The van der Waals surface area contributed by atoms with Crippen LogP contribution in [0, 0.1) is 19.3 Å². The number of fused-ring (bicyclic) bond motifs is 2. The number of amides is 1. The van der Waals surface area contributed by atoms with Crippen molar-refractivity contribution >= 4 is 28.4 Å². The molecule has 7 heterocycles. The zero-order chi connectivity index (χ0) is 28.6. The van der Waals surface area contributed by atoms with Crippen LogP contribution in [0.1, 0.15) is 50.3 Å². The number of anilines is 1. The lowest BCUT2D eigenvalue weighted by molar-refractivity contribution is -0.191. The molecule has 1 spiro atoms. The number of aryl methyl sites for hydroxylation is 1. The van der Waals surface area contributed by atoms with Crippen molar-refractivity contribution in [2.45, 2.75) is 59.5 Å². The number of nitrogens with one attached hydrogen (secondary N) is 1. The van der Waals surface area contributed by atoms with E-state index in [-0.39, 0.29) is 23.9 Å². The highest BCUT2D eigenvalue weighted by Crippen LogP contribution is 2.39. The molecule has 0 radical (unpaired) electrons. The van der Waals surface area contributed by atoms with Gasteiger partial charge < -0.3 is 19.5 Å². The Morgan fingerprint density at radius 3 is 2.51 bits per heavy atom. The van der Waals surface area contributed by atoms with E-state index in [4.69, 9.17) is 9.72 Å². The maximum atomic E-state index is 13.3. The van der Waals surface area contributed by atoms with E-state index in [1.54, 1.807) is 6.33 Å². The number of nitrogens with zero attached hydrogens (tertiary/aromatic N) is 7. The molecule has 1 amide bonds. The fraction of sp³-hybridized carbons (Fsp3) is 0.548. The van der Waals surface area contributed by atoms with Gasteiger partial charge >= 0.3 is 0 Å². The third-order valence-electron chi connectivity index (χ3n) is 9.46. The number of aromatic amines is 1. The monoisotopic (exact) mass is 556 g/mol. The zero-order valence-electron chi connectivity index (χ0n) is 24.9. The van der Waals surface area contributed by atoms with Gasteiger partial charge in [-0.3, -0.25) is 9.69 Å². The van der Waals surface area contributed by atoms with E-state index in [0.29, 0.717) is 12.0 Å². The number of piperazine rings is 1. The van der Waals surface area contributed by atoms with Crippen molar-refractivity contribution in [2.75, 3.05) is 50.8 Å². The van der Waals surface area contributed by atoms with E-state index < -0.39 is 0 Å². The molecule has 10 heteroatoms. The molecule has 3 saturated heterocycles. The Morgan fingerprint density at radius 2 is 1.85 bits per heavy atom. The van der Waals surface area contributed by atoms with Crippen molar-refractivity contribution in [3.8, 4) is 11.3 Å². The van der Waals surface area contributed by atoms with Gasteiger partial charge in [0, 0.05) is 61.0 Å². The van der Waals surface area contributed by atoms with Crippen LogP contribution in [0.5, 0.6) is 0 Å². The number of carbonyl (C=O) groups is 1. The molecule has 1 N–H and O–H groups in total. The molecular formula is C31H40N8O2. The van der Waals surface area contributed by atoms with Crippen LogP contribution in [0.3, 0.4) is 0 Å². The number of aromatic nitrogens is 5. The molecule has 7 rings (SSSR count). The minimum atomic E-state index is 0.109. The number of hydrogen-bond donors (Lipinski definition) is 1. The molecule has 10 nitrogen and oxygen atoms in total. The van der Waals surface area contributed by atoms with E-state index in [1.165, 1.54) is 11.1 Å². The van der Waals surface area contributed by atoms with Crippen molar-refractivity contribution in [1.29, 1.82) is 0 Å². The van der Waals surface area contributed by atoms with Gasteiger partial charge in [0.25, 0.3) is 0 Å². The van der Waals surface area contributed by atoms with E-state index >= 15 is 0 Å². The van der Waals surface area contributed by atoms with Crippen LogP contribution >= 0.6 is 0 Å². The Balaban J connectivity index is 1.15. The normalized spacial score (nSPS) is 22.6. The van der Waals surface area contributed by atoms with Gasteiger partial charge in [0.1, 0.15) is 12.1 Å². The lowest BCUT2D eigenvalue weighted by atomic mass is 9.78. The highest BCUT2D eigenvalue weighted by Gasteiger charge is 2.49. The number of hydrogen-bond acceptors (Lipinski definition) is 7. The molecule has 0 aromatic carbocycles. The van der Waals surface area contributed by atoms with Crippen molar-refractivity contribution in [3.63, 3.8) is 0 Å². The number of pyridine rings is 2. The molecule has 4 aromatic heterocycles. The van der Waals surface area contributed by atoms with Gasteiger partial charge in [-0.15, -0.1) is 0 Å². The Labute approximate surface area is 240 Å². The second kappa shape index (κ2) is 9.52. The topological polar surface area (TPSA) is 94.9 Å². The second-order valence-corrected chi connectivity index (χ2v) is 13.0. The molecule has 3 aliphatic heterocycles. The third-order valence-corrected chi connectivity index (χ3v) is 9.46. The van der Waals surface area contributed by atoms with Gasteiger partial charge in [0.2, 0.25) is 5.91 Å². The number of rotatable bonds is 5. The Bertz CT molecular complexity index is 1630. The molecule has 0 saturated carbocycles. The number of ether oxygens (including phenoxy) is 1. The first-order valence-corrected chi connectivity index (χ1v) is 14.8. The first kappa shape index (κ1) is 26.4. The molecule has 3 aliphatic rings. The largest absolute Gasteiger partial charge is 0.380 e. The smallest absolute Gasteiger partial charge is 0.237 e. The minimum Gasteiger partial charge on any atom is -0.380 e. The van der Waals surface area contributed by atoms with Crippen LogP contribution in [0.25, 0.3) is 27.9 Å². The van der Waals surface area contributed by atoms with E-state index in [1.807, 2.05) is 4.52 Å². The fourth-order valence-corrected chi connectivity index (χ4v) is 7.34. The number of H-pyrrole nitrogens is 1. The van der Waals surface area contributed by atoms with Gasteiger partial charge in [-0.2, -0.15) is 5.10 Å². The van der Waals surface area contributed by atoms with Crippen LogP contribution in [-0.2, 0) is 9.53 Å².